The van der Waals surface area contributed by atoms with E-state index in [1.807, 2.05) is 19.9 Å². The highest BCUT2D eigenvalue weighted by molar-refractivity contribution is 7.14. The molecule has 2 amide bonds. The van der Waals surface area contributed by atoms with Gasteiger partial charge in [-0.25, -0.2) is 4.79 Å². The summed E-state index contributed by atoms with van der Waals surface area (Å²) < 4.78 is 5.19. The monoisotopic (exact) mass is 428 g/mol. The van der Waals surface area contributed by atoms with Gasteiger partial charge in [-0.05, 0) is 74.9 Å². The molecule has 1 atom stereocenters. The molecule has 1 heterocycles. The van der Waals surface area contributed by atoms with Crippen LogP contribution in [-0.2, 0) is 22.4 Å². The van der Waals surface area contributed by atoms with Crippen LogP contribution in [0.4, 0.5) is 5.69 Å². The molecule has 3 rings (SSSR count). The molecule has 0 spiro atoms. The second-order valence-electron chi connectivity index (χ2n) is 7.59. The first-order valence-corrected chi connectivity index (χ1v) is 11.2. The van der Waals surface area contributed by atoms with Crippen LogP contribution in [0.5, 0.6) is 0 Å². The van der Waals surface area contributed by atoms with Crippen molar-refractivity contribution in [3.05, 3.63) is 51.2 Å². The smallest absolute Gasteiger partial charge is 0.348 e. The van der Waals surface area contributed by atoms with E-state index in [0.717, 1.165) is 19.3 Å². The molecule has 0 fully saturated rings. The first kappa shape index (κ1) is 22.0. The maximum atomic E-state index is 12.3. The number of thiophene rings is 1. The van der Waals surface area contributed by atoms with Crippen molar-refractivity contribution >= 4 is 34.8 Å². The van der Waals surface area contributed by atoms with Gasteiger partial charge in [-0.2, -0.15) is 0 Å². The maximum Gasteiger partial charge on any atom is 0.348 e. The Morgan fingerprint density at radius 3 is 2.53 bits per heavy atom. The van der Waals surface area contributed by atoms with E-state index in [1.165, 1.54) is 21.8 Å². The summed E-state index contributed by atoms with van der Waals surface area (Å²) >= 11 is 1.47. The topological polar surface area (TPSA) is 75.7 Å². The first-order valence-electron chi connectivity index (χ1n) is 10.4. The second kappa shape index (κ2) is 9.89. The van der Waals surface area contributed by atoms with Gasteiger partial charge in [0.15, 0.2) is 6.61 Å². The normalized spacial score (nSPS) is 15.2. The molecule has 1 aliphatic rings. The number of benzene rings is 1. The predicted molar refractivity (Wildman–Crippen MR) is 118 cm³/mol. The minimum atomic E-state index is -0.461. The molecular weight excluding hydrogens is 400 g/mol. The van der Waals surface area contributed by atoms with Crippen molar-refractivity contribution in [3.8, 4) is 0 Å². The molecule has 0 aliphatic heterocycles. The average molecular weight is 429 g/mol. The zero-order valence-corrected chi connectivity index (χ0v) is 18.5. The molecule has 7 heteroatoms. The van der Waals surface area contributed by atoms with Gasteiger partial charge in [0.2, 0.25) is 0 Å². The average Bonchev–Trinajstić information content (AvgIpc) is 3.16. The van der Waals surface area contributed by atoms with E-state index in [-0.39, 0.29) is 12.5 Å². The summed E-state index contributed by atoms with van der Waals surface area (Å²) in [6, 6.07) is 8.61. The van der Waals surface area contributed by atoms with Gasteiger partial charge >= 0.3 is 5.97 Å². The summed E-state index contributed by atoms with van der Waals surface area (Å²) in [5.41, 5.74) is 2.35. The van der Waals surface area contributed by atoms with E-state index in [2.05, 4.69) is 12.2 Å². The lowest BCUT2D eigenvalue weighted by Crippen LogP contribution is -2.30. The Bertz CT molecular complexity index is 916. The fraction of sp³-hybridized carbons (Fsp3) is 0.435. The highest BCUT2D eigenvalue weighted by atomic mass is 32.1. The molecule has 160 valence electrons. The summed E-state index contributed by atoms with van der Waals surface area (Å²) in [7, 11) is 0. The quantitative estimate of drug-likeness (QED) is 0.672. The van der Waals surface area contributed by atoms with Gasteiger partial charge in [-0.15, -0.1) is 11.3 Å². The summed E-state index contributed by atoms with van der Waals surface area (Å²) in [6.07, 6.45) is 3.14. The van der Waals surface area contributed by atoms with Crippen LogP contribution in [0.15, 0.2) is 30.3 Å². The van der Waals surface area contributed by atoms with Crippen molar-refractivity contribution < 1.29 is 19.1 Å². The molecule has 30 heavy (non-hydrogen) atoms. The van der Waals surface area contributed by atoms with E-state index >= 15 is 0 Å². The standard InChI is InChI=1S/C23H28N2O4S/c1-4-25(5-2)22(27)16-7-9-18(10-8-16)24-21(26)14-29-23(28)20-13-17-12-15(3)6-11-19(17)30-20/h7-10,13,15H,4-6,11-12,14H2,1-3H3,(H,24,26). The predicted octanol–water partition coefficient (Wildman–Crippen LogP) is 4.15. The number of rotatable bonds is 7. The SMILES string of the molecule is CCN(CC)C(=O)c1ccc(NC(=O)COC(=O)c2cc3c(s2)CCC(C)C3)cc1. The molecule has 1 aliphatic carbocycles. The number of fused-ring (bicyclic) bond motifs is 1. The number of carbonyl (C=O) groups is 3. The Labute approximate surface area is 181 Å². The van der Waals surface area contributed by atoms with Crippen LogP contribution in [0, 0.1) is 5.92 Å². The molecule has 0 saturated carbocycles. The highest BCUT2D eigenvalue weighted by Gasteiger charge is 2.22. The highest BCUT2D eigenvalue weighted by Crippen LogP contribution is 2.32. The Morgan fingerprint density at radius 2 is 1.87 bits per heavy atom. The number of anilines is 1. The summed E-state index contributed by atoms with van der Waals surface area (Å²) in [5.74, 6) is -0.284. The van der Waals surface area contributed by atoms with Crippen molar-refractivity contribution in [2.75, 3.05) is 25.0 Å². The van der Waals surface area contributed by atoms with Crippen LogP contribution in [0.2, 0.25) is 0 Å². The third-order valence-corrected chi connectivity index (χ3v) is 6.55. The summed E-state index contributed by atoms with van der Waals surface area (Å²) in [5, 5.41) is 2.69. The Balaban J connectivity index is 1.51. The van der Waals surface area contributed by atoms with E-state index in [1.54, 1.807) is 29.2 Å². The van der Waals surface area contributed by atoms with Crippen molar-refractivity contribution in [1.82, 2.24) is 4.90 Å². The number of ether oxygens (including phenoxy) is 1. The number of hydrogen-bond acceptors (Lipinski definition) is 5. The van der Waals surface area contributed by atoms with Crippen molar-refractivity contribution in [3.63, 3.8) is 0 Å². The first-order chi connectivity index (χ1) is 14.4. The van der Waals surface area contributed by atoms with E-state index < -0.39 is 11.9 Å². The molecule has 1 aromatic heterocycles. The van der Waals surface area contributed by atoms with Crippen LogP contribution in [0.1, 0.15) is 57.7 Å². The molecule has 2 aromatic rings. The number of carbonyl (C=O) groups excluding carboxylic acids is 3. The van der Waals surface area contributed by atoms with Crippen LogP contribution in [0.3, 0.4) is 0 Å². The lowest BCUT2D eigenvalue weighted by molar-refractivity contribution is -0.119. The Kier molecular flexibility index (Phi) is 7.26. The molecule has 0 radical (unpaired) electrons. The van der Waals surface area contributed by atoms with Gasteiger partial charge in [-0.3, -0.25) is 9.59 Å². The fourth-order valence-corrected chi connectivity index (χ4v) is 4.70. The number of hydrogen-bond donors (Lipinski definition) is 1. The maximum absolute atomic E-state index is 12.3. The van der Waals surface area contributed by atoms with Gasteiger partial charge in [-0.1, -0.05) is 6.92 Å². The van der Waals surface area contributed by atoms with Crippen molar-refractivity contribution in [2.45, 2.75) is 40.0 Å². The lowest BCUT2D eigenvalue weighted by atomic mass is 9.90. The minimum absolute atomic E-state index is 0.0418. The van der Waals surface area contributed by atoms with Gasteiger partial charge < -0.3 is 15.0 Å². The lowest BCUT2D eigenvalue weighted by Gasteiger charge is -2.18. The largest absolute Gasteiger partial charge is 0.451 e. The van der Waals surface area contributed by atoms with Crippen LogP contribution in [-0.4, -0.2) is 42.4 Å². The number of nitrogens with one attached hydrogen (secondary N) is 1. The van der Waals surface area contributed by atoms with Gasteiger partial charge in [0, 0.05) is 29.2 Å². The van der Waals surface area contributed by atoms with Gasteiger partial charge in [0.25, 0.3) is 11.8 Å². The summed E-state index contributed by atoms with van der Waals surface area (Å²) in [6.45, 7) is 7.02. The van der Waals surface area contributed by atoms with Gasteiger partial charge in [0.1, 0.15) is 4.88 Å². The zero-order valence-electron chi connectivity index (χ0n) is 17.7. The number of amides is 2. The Morgan fingerprint density at radius 1 is 1.17 bits per heavy atom. The molecule has 1 aromatic carbocycles. The molecule has 1 unspecified atom stereocenters. The van der Waals surface area contributed by atoms with E-state index in [9.17, 15) is 14.4 Å². The molecule has 1 N–H and O–H groups in total. The third-order valence-electron chi connectivity index (χ3n) is 5.33. The summed E-state index contributed by atoms with van der Waals surface area (Å²) in [4.78, 5) is 40.3. The minimum Gasteiger partial charge on any atom is -0.451 e. The second-order valence-corrected chi connectivity index (χ2v) is 8.72. The number of nitrogens with zero attached hydrogens (tertiary/aromatic N) is 1. The van der Waals surface area contributed by atoms with E-state index in [0.29, 0.717) is 35.1 Å². The molecular formula is C23H28N2O4S. The van der Waals surface area contributed by atoms with Crippen molar-refractivity contribution in [2.24, 2.45) is 5.92 Å². The molecule has 0 saturated heterocycles. The van der Waals surface area contributed by atoms with Crippen LogP contribution in [0.25, 0.3) is 0 Å². The third kappa shape index (κ3) is 5.27. The zero-order chi connectivity index (χ0) is 21.7. The number of aryl methyl sites for hydroxylation is 1. The van der Waals surface area contributed by atoms with Crippen LogP contribution >= 0.6 is 11.3 Å². The number of esters is 1. The molecule has 0 bridgehead atoms. The molecule has 6 nitrogen and oxygen atoms in total. The fourth-order valence-electron chi connectivity index (χ4n) is 3.60. The van der Waals surface area contributed by atoms with E-state index in [4.69, 9.17) is 4.74 Å². The van der Waals surface area contributed by atoms with Crippen molar-refractivity contribution in [1.29, 1.82) is 0 Å². The van der Waals surface area contributed by atoms with Gasteiger partial charge in [0.05, 0.1) is 0 Å². The van der Waals surface area contributed by atoms with Crippen LogP contribution < -0.4 is 5.32 Å². The Hall–Kier alpha value is -2.67.